The molecular weight excluding hydrogens is 438 g/mol. The third kappa shape index (κ3) is 5.04. The molecular formula is C24H27N5O3S. The molecule has 1 saturated heterocycles. The van der Waals surface area contributed by atoms with Crippen LogP contribution in [0.25, 0.3) is 5.69 Å². The number of amides is 2. The number of hydrogen-bond donors (Lipinski definition) is 1. The van der Waals surface area contributed by atoms with E-state index in [0.717, 1.165) is 23.9 Å². The van der Waals surface area contributed by atoms with E-state index >= 15 is 0 Å². The number of nitrogens with zero attached hydrogens (tertiary/aromatic N) is 4. The second kappa shape index (κ2) is 10.1. The first-order valence-electron chi connectivity index (χ1n) is 10.6. The molecule has 1 aliphatic heterocycles. The van der Waals surface area contributed by atoms with E-state index in [1.807, 2.05) is 47.2 Å². The highest BCUT2D eigenvalue weighted by Crippen LogP contribution is 2.27. The molecule has 2 heterocycles. The van der Waals surface area contributed by atoms with Crippen LogP contribution in [0, 0.1) is 0 Å². The lowest BCUT2D eigenvalue weighted by Gasteiger charge is -2.32. The number of nitrogens with one attached hydrogen (secondary N) is 1. The van der Waals surface area contributed by atoms with Gasteiger partial charge in [0.25, 0.3) is 11.8 Å². The number of carbonyl (C=O) groups excluding carboxylic acids is 2. The fraction of sp³-hybridized carbons (Fsp3) is 0.292. The Labute approximate surface area is 197 Å². The van der Waals surface area contributed by atoms with E-state index < -0.39 is 0 Å². The molecule has 0 atom stereocenters. The van der Waals surface area contributed by atoms with Crippen LogP contribution in [0.15, 0.2) is 60.0 Å². The van der Waals surface area contributed by atoms with Crippen LogP contribution in [0.2, 0.25) is 0 Å². The lowest BCUT2D eigenvalue weighted by Crippen LogP contribution is -2.47. The number of carbonyl (C=O) groups is 2. The van der Waals surface area contributed by atoms with E-state index in [2.05, 4.69) is 15.2 Å². The number of benzene rings is 2. The molecule has 0 spiro atoms. The first-order valence-corrected chi connectivity index (χ1v) is 11.9. The van der Waals surface area contributed by atoms with Gasteiger partial charge in [-0.15, -0.1) is 0 Å². The topological polar surface area (TPSA) is 79.7 Å². The van der Waals surface area contributed by atoms with Crippen LogP contribution in [0.4, 0.5) is 5.69 Å². The maximum Gasteiger partial charge on any atom is 0.255 e. The fourth-order valence-corrected chi connectivity index (χ4v) is 4.29. The summed E-state index contributed by atoms with van der Waals surface area (Å²) < 4.78 is 7.36. The van der Waals surface area contributed by atoms with Crippen molar-refractivity contribution in [1.82, 2.24) is 19.4 Å². The van der Waals surface area contributed by atoms with Gasteiger partial charge in [-0.3, -0.25) is 14.2 Å². The van der Waals surface area contributed by atoms with Gasteiger partial charge in [0, 0.05) is 55.4 Å². The van der Waals surface area contributed by atoms with Crippen molar-refractivity contribution < 1.29 is 14.3 Å². The van der Waals surface area contributed by atoms with E-state index in [0.29, 0.717) is 35.7 Å². The van der Waals surface area contributed by atoms with Gasteiger partial charge in [-0.05, 0) is 49.7 Å². The Morgan fingerprint density at radius 3 is 2.58 bits per heavy atom. The number of hydrogen-bond acceptors (Lipinski definition) is 6. The van der Waals surface area contributed by atoms with Crippen LogP contribution in [-0.4, -0.2) is 77.8 Å². The average Bonchev–Trinajstić information content (AvgIpc) is 3.33. The minimum Gasteiger partial charge on any atom is -0.495 e. The molecule has 8 nitrogen and oxygen atoms in total. The average molecular weight is 466 g/mol. The van der Waals surface area contributed by atoms with Crippen molar-refractivity contribution in [2.75, 3.05) is 51.9 Å². The number of ether oxygens (including phenoxy) is 1. The zero-order valence-corrected chi connectivity index (χ0v) is 19.8. The standard InChI is InChI=1S/C24H27N5O3S/c1-27-11-13-28(14-12-27)23(31)18-7-8-21(32-2)20(16-18)26-22(30)17-5-4-6-19(15-17)29-10-9-25-24(29)33-3/h4-10,15-16H,11-14H2,1-3H3,(H,26,30). The lowest BCUT2D eigenvalue weighted by atomic mass is 10.1. The number of methoxy groups -OCH3 is 1. The zero-order valence-electron chi connectivity index (χ0n) is 18.9. The van der Waals surface area contributed by atoms with Gasteiger partial charge >= 0.3 is 0 Å². The summed E-state index contributed by atoms with van der Waals surface area (Å²) >= 11 is 1.53. The molecule has 2 amide bonds. The Balaban J connectivity index is 1.56. The molecule has 1 N–H and O–H groups in total. The van der Waals surface area contributed by atoms with Crippen LogP contribution in [0.1, 0.15) is 20.7 Å². The molecule has 33 heavy (non-hydrogen) atoms. The summed E-state index contributed by atoms with van der Waals surface area (Å²) in [5.74, 6) is 0.159. The number of aromatic nitrogens is 2. The molecule has 0 aliphatic carbocycles. The van der Waals surface area contributed by atoms with E-state index in [4.69, 9.17) is 4.74 Å². The summed E-state index contributed by atoms with van der Waals surface area (Å²) in [6, 6.07) is 12.4. The van der Waals surface area contributed by atoms with Crippen molar-refractivity contribution in [3.63, 3.8) is 0 Å². The summed E-state index contributed by atoms with van der Waals surface area (Å²) in [6.07, 6.45) is 5.55. The molecule has 0 bridgehead atoms. The predicted octanol–water partition coefficient (Wildman–Crippen LogP) is 3.24. The molecule has 3 aromatic rings. The maximum atomic E-state index is 13.1. The molecule has 0 radical (unpaired) electrons. The summed E-state index contributed by atoms with van der Waals surface area (Å²) in [7, 11) is 3.59. The number of rotatable bonds is 6. The number of anilines is 1. The van der Waals surface area contributed by atoms with Gasteiger partial charge in [-0.25, -0.2) is 4.98 Å². The highest BCUT2D eigenvalue weighted by molar-refractivity contribution is 7.98. The number of imidazole rings is 1. The van der Waals surface area contributed by atoms with E-state index in [1.54, 1.807) is 30.5 Å². The van der Waals surface area contributed by atoms with E-state index in [9.17, 15) is 9.59 Å². The maximum absolute atomic E-state index is 13.1. The first-order chi connectivity index (χ1) is 16.0. The SMILES string of the molecule is COc1ccc(C(=O)N2CCN(C)CC2)cc1NC(=O)c1cccc(-n2ccnc2SC)c1. The third-order valence-corrected chi connectivity index (χ3v) is 6.33. The van der Waals surface area contributed by atoms with Crippen LogP contribution in [-0.2, 0) is 0 Å². The Kier molecular flexibility index (Phi) is 7.00. The Morgan fingerprint density at radius 2 is 1.85 bits per heavy atom. The molecule has 0 unspecified atom stereocenters. The normalized spacial score (nSPS) is 14.2. The highest BCUT2D eigenvalue weighted by Gasteiger charge is 2.22. The van der Waals surface area contributed by atoms with E-state index in [-0.39, 0.29) is 11.8 Å². The van der Waals surface area contributed by atoms with Gasteiger partial charge < -0.3 is 19.9 Å². The summed E-state index contributed by atoms with van der Waals surface area (Å²) in [4.78, 5) is 34.4. The van der Waals surface area contributed by atoms with Crippen molar-refractivity contribution in [3.05, 3.63) is 66.0 Å². The molecule has 2 aromatic carbocycles. The highest BCUT2D eigenvalue weighted by atomic mass is 32.2. The predicted molar refractivity (Wildman–Crippen MR) is 130 cm³/mol. The van der Waals surface area contributed by atoms with Crippen LogP contribution < -0.4 is 10.1 Å². The molecule has 0 saturated carbocycles. The van der Waals surface area contributed by atoms with Crippen LogP contribution in [0.5, 0.6) is 5.75 Å². The van der Waals surface area contributed by atoms with Crippen LogP contribution >= 0.6 is 11.8 Å². The summed E-state index contributed by atoms with van der Waals surface area (Å²) in [5, 5.41) is 3.75. The Bertz CT molecular complexity index is 1150. The molecule has 1 aromatic heterocycles. The number of thioether (sulfide) groups is 1. The van der Waals surface area contributed by atoms with Gasteiger partial charge in [0.05, 0.1) is 12.8 Å². The zero-order chi connectivity index (χ0) is 23.4. The van der Waals surface area contributed by atoms with Gasteiger partial charge in [-0.1, -0.05) is 17.8 Å². The van der Waals surface area contributed by atoms with Crippen molar-refractivity contribution in [2.24, 2.45) is 0 Å². The van der Waals surface area contributed by atoms with Crippen molar-refractivity contribution >= 4 is 29.3 Å². The third-order valence-electron chi connectivity index (χ3n) is 5.66. The fourth-order valence-electron chi connectivity index (χ4n) is 3.76. The molecule has 4 rings (SSSR count). The number of piperazine rings is 1. The Morgan fingerprint density at radius 1 is 1.06 bits per heavy atom. The minimum atomic E-state index is -0.287. The molecule has 9 heteroatoms. The van der Waals surface area contributed by atoms with Gasteiger partial charge in [-0.2, -0.15) is 0 Å². The lowest BCUT2D eigenvalue weighted by molar-refractivity contribution is 0.0664. The summed E-state index contributed by atoms with van der Waals surface area (Å²) in [5.41, 5.74) is 2.31. The van der Waals surface area contributed by atoms with Crippen molar-refractivity contribution in [1.29, 1.82) is 0 Å². The minimum absolute atomic E-state index is 0.0482. The monoisotopic (exact) mass is 465 g/mol. The first kappa shape index (κ1) is 22.9. The van der Waals surface area contributed by atoms with Gasteiger partial charge in [0.15, 0.2) is 5.16 Å². The second-order valence-electron chi connectivity index (χ2n) is 7.80. The molecule has 1 aliphatic rings. The number of likely N-dealkylation sites (N-methyl/N-ethyl adjacent to an activating group) is 1. The largest absolute Gasteiger partial charge is 0.495 e. The van der Waals surface area contributed by atoms with Gasteiger partial charge in [0.2, 0.25) is 0 Å². The Hall–Kier alpha value is -3.30. The van der Waals surface area contributed by atoms with Crippen LogP contribution in [0.3, 0.4) is 0 Å². The smallest absolute Gasteiger partial charge is 0.255 e. The van der Waals surface area contributed by atoms with Gasteiger partial charge in [0.1, 0.15) is 5.75 Å². The molecule has 172 valence electrons. The van der Waals surface area contributed by atoms with Crippen molar-refractivity contribution in [3.8, 4) is 11.4 Å². The quantitative estimate of drug-likeness (QED) is 0.563. The van der Waals surface area contributed by atoms with Crippen molar-refractivity contribution in [2.45, 2.75) is 5.16 Å². The van der Waals surface area contributed by atoms with E-state index in [1.165, 1.54) is 18.9 Å². The summed E-state index contributed by atoms with van der Waals surface area (Å²) in [6.45, 7) is 3.05. The molecule has 1 fully saturated rings. The second-order valence-corrected chi connectivity index (χ2v) is 8.57.